The molecule has 1 aromatic heterocycles. The fourth-order valence-electron chi connectivity index (χ4n) is 1.71. The lowest BCUT2D eigenvalue weighted by molar-refractivity contribution is 0.262. The van der Waals surface area contributed by atoms with Crippen molar-refractivity contribution in [2.45, 2.75) is 26.7 Å². The van der Waals surface area contributed by atoms with Crippen molar-refractivity contribution >= 4 is 11.6 Å². The van der Waals surface area contributed by atoms with Crippen LogP contribution in [0, 0.1) is 0 Å². The zero-order valence-electron chi connectivity index (χ0n) is 11.2. The summed E-state index contributed by atoms with van der Waals surface area (Å²) in [6, 6.07) is 7.09. The standard InChI is InChI=1S/C14H16ClN3O2/c1-10(2)7-18-14(13(8-19)16-17-18)9-20-12-5-3-11(15)4-6-12/h3-6,19H,1,7-9H2,2H3. The van der Waals surface area contributed by atoms with Crippen LogP contribution in [0.3, 0.4) is 0 Å². The summed E-state index contributed by atoms with van der Waals surface area (Å²) in [4.78, 5) is 0. The van der Waals surface area contributed by atoms with Crippen LogP contribution in [0.15, 0.2) is 36.4 Å². The summed E-state index contributed by atoms with van der Waals surface area (Å²) < 4.78 is 7.35. The highest BCUT2D eigenvalue weighted by atomic mass is 35.5. The maximum Gasteiger partial charge on any atom is 0.132 e. The van der Waals surface area contributed by atoms with Crippen molar-refractivity contribution in [3.05, 3.63) is 52.8 Å². The monoisotopic (exact) mass is 293 g/mol. The molecule has 6 heteroatoms. The number of aliphatic hydroxyl groups excluding tert-OH is 1. The predicted molar refractivity (Wildman–Crippen MR) is 76.5 cm³/mol. The minimum Gasteiger partial charge on any atom is -0.487 e. The maximum atomic E-state index is 9.29. The number of hydrogen-bond acceptors (Lipinski definition) is 4. The number of aromatic nitrogens is 3. The molecule has 5 nitrogen and oxygen atoms in total. The Bertz CT molecular complexity index is 593. The van der Waals surface area contributed by atoms with Crippen LogP contribution < -0.4 is 4.74 Å². The second-order valence-electron chi connectivity index (χ2n) is 4.50. The van der Waals surface area contributed by atoms with Gasteiger partial charge in [-0.25, -0.2) is 4.68 Å². The van der Waals surface area contributed by atoms with Gasteiger partial charge in [0.15, 0.2) is 0 Å². The smallest absolute Gasteiger partial charge is 0.132 e. The van der Waals surface area contributed by atoms with E-state index >= 15 is 0 Å². The third-order valence-corrected chi connectivity index (χ3v) is 2.93. The molecule has 2 aromatic rings. The van der Waals surface area contributed by atoms with Crippen molar-refractivity contribution in [3.63, 3.8) is 0 Å². The normalized spacial score (nSPS) is 10.6. The molecule has 0 bridgehead atoms. The quantitative estimate of drug-likeness (QED) is 0.832. The molecule has 0 unspecified atom stereocenters. The van der Waals surface area contributed by atoms with Crippen LogP contribution >= 0.6 is 11.6 Å². The molecule has 1 N–H and O–H groups in total. The van der Waals surface area contributed by atoms with Gasteiger partial charge in [-0.1, -0.05) is 29.0 Å². The van der Waals surface area contributed by atoms with Crippen LogP contribution in [0.2, 0.25) is 5.02 Å². The van der Waals surface area contributed by atoms with Crippen molar-refractivity contribution in [1.29, 1.82) is 0 Å². The molecule has 0 amide bonds. The average Bonchev–Trinajstić information content (AvgIpc) is 2.79. The van der Waals surface area contributed by atoms with Crippen LogP contribution in [0.1, 0.15) is 18.3 Å². The summed E-state index contributed by atoms with van der Waals surface area (Å²) in [6.45, 7) is 6.41. The largest absolute Gasteiger partial charge is 0.487 e. The molecule has 0 aliphatic rings. The van der Waals surface area contributed by atoms with E-state index in [0.29, 0.717) is 23.0 Å². The Labute approximate surface area is 122 Å². The molecule has 0 saturated heterocycles. The first-order valence-electron chi connectivity index (χ1n) is 6.15. The Hall–Kier alpha value is -1.85. The van der Waals surface area contributed by atoms with Gasteiger partial charge in [0.1, 0.15) is 23.7 Å². The number of aliphatic hydroxyl groups is 1. The van der Waals surface area contributed by atoms with Gasteiger partial charge >= 0.3 is 0 Å². The lowest BCUT2D eigenvalue weighted by Crippen LogP contribution is -2.10. The highest BCUT2D eigenvalue weighted by molar-refractivity contribution is 6.30. The van der Waals surface area contributed by atoms with E-state index < -0.39 is 0 Å². The van der Waals surface area contributed by atoms with E-state index in [0.717, 1.165) is 11.3 Å². The van der Waals surface area contributed by atoms with Gasteiger partial charge in [0.25, 0.3) is 0 Å². The van der Waals surface area contributed by atoms with Gasteiger partial charge in [-0.3, -0.25) is 0 Å². The Kier molecular flexibility index (Phi) is 4.76. The molecular weight excluding hydrogens is 278 g/mol. The molecule has 0 fully saturated rings. The Morgan fingerprint density at radius 1 is 1.40 bits per heavy atom. The molecule has 1 heterocycles. The molecular formula is C14H16ClN3O2. The highest BCUT2D eigenvalue weighted by Crippen LogP contribution is 2.18. The van der Waals surface area contributed by atoms with E-state index in [1.165, 1.54) is 0 Å². The van der Waals surface area contributed by atoms with Crippen LogP contribution in [-0.2, 0) is 19.8 Å². The number of benzene rings is 1. The molecule has 0 aliphatic carbocycles. The van der Waals surface area contributed by atoms with E-state index in [9.17, 15) is 5.11 Å². The van der Waals surface area contributed by atoms with Gasteiger partial charge in [-0.2, -0.15) is 0 Å². The van der Waals surface area contributed by atoms with E-state index in [-0.39, 0.29) is 13.2 Å². The Morgan fingerprint density at radius 2 is 2.10 bits per heavy atom. The Balaban J connectivity index is 2.12. The molecule has 0 atom stereocenters. The fraction of sp³-hybridized carbons (Fsp3) is 0.286. The lowest BCUT2D eigenvalue weighted by Gasteiger charge is -2.09. The first-order chi connectivity index (χ1) is 9.60. The van der Waals surface area contributed by atoms with Crippen LogP contribution in [0.5, 0.6) is 5.75 Å². The van der Waals surface area contributed by atoms with Crippen molar-refractivity contribution in [3.8, 4) is 5.75 Å². The molecule has 0 radical (unpaired) electrons. The number of allylic oxidation sites excluding steroid dienone is 1. The zero-order chi connectivity index (χ0) is 14.5. The van der Waals surface area contributed by atoms with E-state index in [1.807, 2.05) is 6.92 Å². The molecule has 0 aliphatic heterocycles. The fourth-order valence-corrected chi connectivity index (χ4v) is 1.84. The highest BCUT2D eigenvalue weighted by Gasteiger charge is 2.13. The number of halogens is 1. The van der Waals surface area contributed by atoms with Gasteiger partial charge < -0.3 is 9.84 Å². The minimum absolute atomic E-state index is 0.171. The lowest BCUT2D eigenvalue weighted by atomic mass is 10.3. The summed E-state index contributed by atoms with van der Waals surface area (Å²) in [6.07, 6.45) is 0. The van der Waals surface area contributed by atoms with Crippen LogP contribution in [-0.4, -0.2) is 20.1 Å². The number of ether oxygens (including phenoxy) is 1. The number of rotatable bonds is 6. The molecule has 0 saturated carbocycles. The molecule has 1 aromatic carbocycles. The molecule has 0 spiro atoms. The molecule has 20 heavy (non-hydrogen) atoms. The second kappa shape index (κ2) is 6.54. The summed E-state index contributed by atoms with van der Waals surface area (Å²) in [5.41, 5.74) is 2.21. The summed E-state index contributed by atoms with van der Waals surface area (Å²) in [7, 11) is 0. The Morgan fingerprint density at radius 3 is 2.70 bits per heavy atom. The van der Waals surface area contributed by atoms with Crippen molar-refractivity contribution in [2.24, 2.45) is 0 Å². The minimum atomic E-state index is -0.171. The number of hydrogen-bond donors (Lipinski definition) is 1. The summed E-state index contributed by atoms with van der Waals surface area (Å²) >= 11 is 5.82. The molecule has 106 valence electrons. The SMILES string of the molecule is C=C(C)Cn1nnc(CO)c1COc1ccc(Cl)cc1. The van der Waals surface area contributed by atoms with Gasteiger partial charge in [0.05, 0.1) is 13.2 Å². The number of nitrogens with zero attached hydrogens (tertiary/aromatic N) is 3. The van der Waals surface area contributed by atoms with Crippen molar-refractivity contribution < 1.29 is 9.84 Å². The topological polar surface area (TPSA) is 60.2 Å². The van der Waals surface area contributed by atoms with Gasteiger partial charge in [0.2, 0.25) is 0 Å². The van der Waals surface area contributed by atoms with Gasteiger partial charge in [-0.15, -0.1) is 5.10 Å². The predicted octanol–water partition coefficient (Wildman–Crippen LogP) is 2.58. The third kappa shape index (κ3) is 3.59. The van der Waals surface area contributed by atoms with Crippen molar-refractivity contribution in [1.82, 2.24) is 15.0 Å². The zero-order valence-corrected chi connectivity index (χ0v) is 12.0. The average molecular weight is 294 g/mol. The van der Waals surface area contributed by atoms with Gasteiger partial charge in [-0.05, 0) is 31.2 Å². The first kappa shape index (κ1) is 14.6. The van der Waals surface area contributed by atoms with Crippen LogP contribution in [0.25, 0.3) is 0 Å². The maximum absolute atomic E-state index is 9.29. The third-order valence-electron chi connectivity index (χ3n) is 2.68. The first-order valence-corrected chi connectivity index (χ1v) is 6.52. The van der Waals surface area contributed by atoms with Crippen molar-refractivity contribution in [2.75, 3.05) is 0 Å². The van der Waals surface area contributed by atoms with E-state index in [1.54, 1.807) is 28.9 Å². The molecule has 2 rings (SSSR count). The summed E-state index contributed by atoms with van der Waals surface area (Å²) in [5, 5.41) is 17.9. The second-order valence-corrected chi connectivity index (χ2v) is 4.93. The van der Waals surface area contributed by atoms with E-state index in [2.05, 4.69) is 16.9 Å². The summed E-state index contributed by atoms with van der Waals surface area (Å²) in [5.74, 6) is 0.696. The van der Waals surface area contributed by atoms with E-state index in [4.69, 9.17) is 16.3 Å². The van der Waals surface area contributed by atoms with Gasteiger partial charge in [0, 0.05) is 5.02 Å². The van der Waals surface area contributed by atoms with Crippen LogP contribution in [0.4, 0.5) is 0 Å².